The molecule has 15 atom stereocenters. The fourth-order valence-electron chi connectivity index (χ4n) is 5.92. The van der Waals surface area contributed by atoms with Gasteiger partial charge in [0.25, 0.3) is 0 Å². The maximum atomic E-state index is 11.2. The van der Waals surface area contributed by atoms with Crippen molar-refractivity contribution in [2.45, 2.75) is 156 Å². The zero-order valence-corrected chi connectivity index (χ0v) is 30.9. The third-order valence-electron chi connectivity index (χ3n) is 8.73. The molecule has 3 rings (SSSR count). The monoisotopic (exact) mass is 784 g/mol. The zero-order chi connectivity index (χ0) is 31.7. The third-order valence-corrected chi connectivity index (χ3v) is 9.87. The largest absolute Gasteiger partial charge is 0.389 e. The van der Waals surface area contributed by atoms with Gasteiger partial charge in [-0.2, -0.15) is 11.8 Å². The second kappa shape index (κ2) is 25.0. The summed E-state index contributed by atoms with van der Waals surface area (Å²) in [5.41, 5.74) is 24.3. The van der Waals surface area contributed by atoms with Crippen LogP contribution in [0.5, 0.6) is 0 Å². The number of unbranched alkanes of at least 4 members (excludes halogenated alkanes) is 7. The van der Waals surface area contributed by atoms with Crippen LogP contribution in [0.15, 0.2) is 0 Å². The third kappa shape index (κ3) is 13.8. The van der Waals surface area contributed by atoms with E-state index < -0.39 is 91.7 Å². The predicted octanol–water partition coefficient (Wildman–Crippen LogP) is -0.723. The van der Waals surface area contributed by atoms with Crippen LogP contribution in [0.25, 0.3) is 0 Å². The van der Waals surface area contributed by atoms with Crippen LogP contribution < -0.4 is 22.9 Å². The Balaban J connectivity index is 0. The van der Waals surface area contributed by atoms with E-state index in [0.29, 0.717) is 5.75 Å². The number of aliphatic hydroxyl groups is 6. The second-order valence-corrected chi connectivity index (χ2v) is 13.3. The fraction of sp³-hybridized carbons (Fsp3) is 1.00. The standard InChI is InChI=1S/C28H56N4O10S.4ClH/c1-2-3-4-5-6-7-8-9-10-43-13-17-19(33)18(32)21(35)27(40-17)41-25-14(30)11-15(31)26(24(25)38)42-28-23(37)22(36)20(34)16(12-29)39-28;;;;/h14-28,33-38H,2-13,29-32H2,1H3;4*1H/t14-,15+,16-,17-,18+,19-,20-,21-,22+,23-,24-,25+,26-,27-,28-;;;;/m1..../s1. The Bertz CT molecular complexity index is 814. The maximum absolute atomic E-state index is 11.2. The molecule has 47 heavy (non-hydrogen) atoms. The summed E-state index contributed by atoms with van der Waals surface area (Å²) in [7, 11) is 0. The topological polar surface area (TPSA) is 262 Å². The molecule has 0 aromatic heterocycles. The van der Waals surface area contributed by atoms with Gasteiger partial charge >= 0.3 is 0 Å². The molecule has 2 heterocycles. The Hall–Kier alpha value is 0.950. The van der Waals surface area contributed by atoms with Gasteiger partial charge in [-0.1, -0.05) is 51.9 Å². The lowest BCUT2D eigenvalue weighted by Gasteiger charge is -2.48. The van der Waals surface area contributed by atoms with Gasteiger partial charge in [0.2, 0.25) is 0 Å². The quantitative estimate of drug-likeness (QED) is 0.0866. The smallest absolute Gasteiger partial charge is 0.187 e. The van der Waals surface area contributed by atoms with Crippen LogP contribution in [0, 0.1) is 0 Å². The Labute approximate surface area is 307 Å². The van der Waals surface area contributed by atoms with E-state index in [-0.39, 0.29) is 62.6 Å². The van der Waals surface area contributed by atoms with Gasteiger partial charge in [0.1, 0.15) is 48.8 Å². The highest BCUT2D eigenvalue weighted by Crippen LogP contribution is 2.32. The number of halogens is 4. The average molecular weight is 787 g/mol. The summed E-state index contributed by atoms with van der Waals surface area (Å²) < 4.78 is 23.3. The SMILES string of the molecule is CCCCCCCCCCSC[C@H]1O[C@H](O[C@@H]2[C@@H](O)[C@H](O[C@H]3O[C@H](CN)[C@@H](O)[C@H](O)[C@H]3O)[C@@H](N)C[C@H]2N)[C@H](O)[C@@H](N)[C@@H]1O.Cl.Cl.Cl.Cl. The van der Waals surface area contributed by atoms with Gasteiger partial charge < -0.3 is 72.5 Å². The second-order valence-electron chi connectivity index (χ2n) is 12.2. The lowest BCUT2D eigenvalue weighted by Crippen LogP contribution is -2.68. The van der Waals surface area contributed by atoms with E-state index in [2.05, 4.69) is 6.92 Å². The van der Waals surface area contributed by atoms with E-state index in [9.17, 15) is 30.6 Å². The van der Waals surface area contributed by atoms with Gasteiger partial charge in [-0.15, -0.1) is 49.6 Å². The Kier molecular flexibility index (Phi) is 26.6. The van der Waals surface area contributed by atoms with Gasteiger partial charge in [-0.05, 0) is 18.6 Å². The molecule has 0 radical (unpaired) electrons. The minimum atomic E-state index is -1.64. The Morgan fingerprint density at radius 1 is 0.617 bits per heavy atom. The molecule has 0 spiro atoms. The molecule has 0 amide bonds. The lowest BCUT2D eigenvalue weighted by molar-refractivity contribution is -0.330. The van der Waals surface area contributed by atoms with Crippen LogP contribution in [0.1, 0.15) is 64.7 Å². The lowest BCUT2D eigenvalue weighted by atomic mass is 9.84. The molecule has 286 valence electrons. The van der Waals surface area contributed by atoms with E-state index in [4.69, 9.17) is 41.9 Å². The molecule has 0 aromatic carbocycles. The normalized spacial score (nSPS) is 40.3. The fourth-order valence-corrected chi connectivity index (χ4v) is 7.01. The number of ether oxygens (including phenoxy) is 4. The van der Waals surface area contributed by atoms with E-state index in [1.54, 1.807) is 11.8 Å². The number of aliphatic hydroxyl groups excluding tert-OH is 6. The van der Waals surface area contributed by atoms with Gasteiger partial charge in [-0.3, -0.25) is 0 Å². The first-order chi connectivity index (χ1) is 20.5. The van der Waals surface area contributed by atoms with Crippen molar-refractivity contribution >= 4 is 61.4 Å². The van der Waals surface area contributed by atoms with Crippen molar-refractivity contribution in [2.75, 3.05) is 18.1 Å². The first kappa shape index (κ1) is 50.1. The molecule has 2 aliphatic heterocycles. The maximum Gasteiger partial charge on any atom is 0.187 e. The van der Waals surface area contributed by atoms with Crippen LogP contribution in [-0.4, -0.2) is 140 Å². The molecule has 1 aliphatic carbocycles. The van der Waals surface area contributed by atoms with Crippen molar-refractivity contribution in [3.63, 3.8) is 0 Å². The minimum absolute atomic E-state index is 0. The highest BCUT2D eigenvalue weighted by atomic mass is 35.5. The molecule has 14 nitrogen and oxygen atoms in total. The molecule has 19 heteroatoms. The van der Waals surface area contributed by atoms with Crippen LogP contribution in [0.4, 0.5) is 0 Å². The van der Waals surface area contributed by atoms with Crippen molar-refractivity contribution in [3.8, 4) is 0 Å². The molecule has 2 saturated heterocycles. The minimum Gasteiger partial charge on any atom is -0.389 e. The average Bonchev–Trinajstić information content (AvgIpc) is 2.98. The number of thioether (sulfide) groups is 1. The number of nitrogens with two attached hydrogens (primary N) is 4. The van der Waals surface area contributed by atoms with Crippen molar-refractivity contribution in [1.82, 2.24) is 0 Å². The first-order valence-corrected chi connectivity index (χ1v) is 16.9. The predicted molar refractivity (Wildman–Crippen MR) is 190 cm³/mol. The highest BCUT2D eigenvalue weighted by molar-refractivity contribution is 7.99. The van der Waals surface area contributed by atoms with E-state index >= 15 is 0 Å². The zero-order valence-electron chi connectivity index (χ0n) is 26.8. The van der Waals surface area contributed by atoms with Crippen LogP contribution in [-0.2, 0) is 18.9 Å². The molecule has 0 bridgehead atoms. The summed E-state index contributed by atoms with van der Waals surface area (Å²) in [5.74, 6) is 1.35. The van der Waals surface area contributed by atoms with Gasteiger partial charge in [-0.25, -0.2) is 0 Å². The summed E-state index contributed by atoms with van der Waals surface area (Å²) in [6.07, 6.45) is -5.47. The van der Waals surface area contributed by atoms with Crippen LogP contribution in [0.3, 0.4) is 0 Å². The van der Waals surface area contributed by atoms with Gasteiger partial charge in [0.15, 0.2) is 12.6 Å². The first-order valence-electron chi connectivity index (χ1n) is 15.8. The van der Waals surface area contributed by atoms with E-state index in [1.807, 2.05) is 0 Å². The molecule has 0 aromatic rings. The summed E-state index contributed by atoms with van der Waals surface area (Å²) in [6, 6.07) is -2.63. The van der Waals surface area contributed by atoms with E-state index in [1.165, 1.54) is 38.5 Å². The van der Waals surface area contributed by atoms with Gasteiger partial charge in [0.05, 0.1) is 18.2 Å². The molecule has 14 N–H and O–H groups in total. The molecular weight excluding hydrogens is 726 g/mol. The Morgan fingerprint density at radius 3 is 1.64 bits per heavy atom. The summed E-state index contributed by atoms with van der Waals surface area (Å²) in [6.45, 7) is 2.06. The van der Waals surface area contributed by atoms with E-state index in [0.717, 1.165) is 18.6 Å². The number of hydrogen-bond acceptors (Lipinski definition) is 15. The molecule has 0 unspecified atom stereocenters. The Morgan fingerprint density at radius 2 is 1.11 bits per heavy atom. The summed E-state index contributed by atoms with van der Waals surface area (Å²) in [5, 5.41) is 63.4. The van der Waals surface area contributed by atoms with Crippen molar-refractivity contribution in [3.05, 3.63) is 0 Å². The molecule has 1 saturated carbocycles. The van der Waals surface area contributed by atoms with Crippen molar-refractivity contribution in [1.29, 1.82) is 0 Å². The molecular formula is C28H60Cl4N4O10S. The summed E-state index contributed by atoms with van der Waals surface area (Å²) in [4.78, 5) is 0. The summed E-state index contributed by atoms with van der Waals surface area (Å²) >= 11 is 1.64. The van der Waals surface area contributed by atoms with Gasteiger partial charge in [0, 0.05) is 24.4 Å². The number of rotatable bonds is 16. The van der Waals surface area contributed by atoms with Crippen molar-refractivity contribution in [2.24, 2.45) is 22.9 Å². The number of hydrogen-bond donors (Lipinski definition) is 10. The molecule has 3 aliphatic rings. The van der Waals surface area contributed by atoms with Crippen LogP contribution in [0.2, 0.25) is 0 Å². The van der Waals surface area contributed by atoms with Crippen LogP contribution >= 0.6 is 61.4 Å². The van der Waals surface area contributed by atoms with Crippen molar-refractivity contribution < 1.29 is 49.6 Å². The highest BCUT2D eigenvalue weighted by Gasteiger charge is 2.51. The molecule has 3 fully saturated rings.